The van der Waals surface area contributed by atoms with Gasteiger partial charge in [0.15, 0.2) is 11.6 Å². The Morgan fingerprint density at radius 2 is 1.73 bits per heavy atom. The molecule has 0 fully saturated rings. The zero-order chi connectivity index (χ0) is 10.8. The van der Waals surface area contributed by atoms with E-state index in [1.54, 1.807) is 6.07 Å². The van der Waals surface area contributed by atoms with Crippen LogP contribution in [0.5, 0.6) is 5.75 Å². The molecule has 15 heavy (non-hydrogen) atoms. The first-order valence-electron chi connectivity index (χ1n) is 4.41. The second-order valence-corrected chi connectivity index (χ2v) is 4.09. The van der Waals surface area contributed by atoms with E-state index in [0.29, 0.717) is 0 Å². The molecule has 0 bridgehead atoms. The highest BCUT2D eigenvalue weighted by Crippen LogP contribution is 2.26. The summed E-state index contributed by atoms with van der Waals surface area (Å²) in [5.74, 6) is -0.929. The van der Waals surface area contributed by atoms with Gasteiger partial charge in [0.25, 0.3) is 0 Å². The highest BCUT2D eigenvalue weighted by Gasteiger charge is 2.03. The first-order valence-corrected chi connectivity index (χ1v) is 5.20. The smallest absolute Gasteiger partial charge is 0.165 e. The Kier molecular flexibility index (Phi) is 2.73. The summed E-state index contributed by atoms with van der Waals surface area (Å²) in [6.45, 7) is 0. The van der Waals surface area contributed by atoms with Crippen molar-refractivity contribution in [3.63, 3.8) is 0 Å². The molecule has 2 aromatic carbocycles. The molecule has 0 aromatic heterocycles. The van der Waals surface area contributed by atoms with Crippen LogP contribution >= 0.6 is 15.9 Å². The quantitative estimate of drug-likeness (QED) is 0.829. The molecule has 2 aromatic rings. The van der Waals surface area contributed by atoms with Crippen LogP contribution < -0.4 is 0 Å². The number of phenols is 1. The summed E-state index contributed by atoms with van der Waals surface area (Å²) in [7, 11) is 0. The summed E-state index contributed by atoms with van der Waals surface area (Å²) in [4.78, 5) is 0. The molecule has 0 saturated heterocycles. The molecule has 0 aliphatic carbocycles. The molecule has 1 nitrogen and oxygen atoms in total. The first-order chi connectivity index (χ1) is 7.16. The van der Waals surface area contributed by atoms with Gasteiger partial charge >= 0.3 is 0 Å². The predicted octanol–water partition coefficient (Wildman–Crippen LogP) is 3.96. The number of hydrogen-bond donors (Lipinski definition) is 1. The van der Waals surface area contributed by atoms with Gasteiger partial charge in [-0.3, -0.25) is 0 Å². The van der Waals surface area contributed by atoms with Crippen LogP contribution in [0.1, 0.15) is 0 Å². The van der Waals surface area contributed by atoms with Crippen molar-refractivity contribution in [1.82, 2.24) is 0 Å². The predicted molar refractivity (Wildman–Crippen MR) is 61.2 cm³/mol. The van der Waals surface area contributed by atoms with Gasteiger partial charge in [-0.1, -0.05) is 34.1 Å². The van der Waals surface area contributed by atoms with Gasteiger partial charge in [0.05, 0.1) is 0 Å². The minimum Gasteiger partial charge on any atom is -0.505 e. The third-order valence-electron chi connectivity index (χ3n) is 2.11. The van der Waals surface area contributed by atoms with Crippen LogP contribution in [0.25, 0.3) is 11.1 Å². The minimum atomic E-state index is -0.604. The van der Waals surface area contributed by atoms with E-state index in [1.807, 2.05) is 24.3 Å². The van der Waals surface area contributed by atoms with Crippen molar-refractivity contribution in [2.75, 3.05) is 0 Å². The van der Waals surface area contributed by atoms with E-state index in [0.717, 1.165) is 15.6 Å². The second-order valence-electron chi connectivity index (χ2n) is 3.18. The Hall–Kier alpha value is -1.35. The molecular formula is C12H8BrFO. The van der Waals surface area contributed by atoms with Crippen LogP contribution in [0, 0.1) is 5.82 Å². The molecule has 0 aliphatic heterocycles. The second kappa shape index (κ2) is 4.03. The number of halogens is 2. The third-order valence-corrected chi connectivity index (χ3v) is 2.60. The summed E-state index contributed by atoms with van der Waals surface area (Å²) in [5.41, 5.74) is 1.65. The minimum absolute atomic E-state index is 0.325. The Morgan fingerprint density at radius 3 is 2.40 bits per heavy atom. The van der Waals surface area contributed by atoms with E-state index in [-0.39, 0.29) is 5.75 Å². The van der Waals surface area contributed by atoms with Crippen LogP contribution in [0.15, 0.2) is 46.9 Å². The van der Waals surface area contributed by atoms with Gasteiger partial charge in [0.2, 0.25) is 0 Å². The van der Waals surface area contributed by atoms with Crippen molar-refractivity contribution in [1.29, 1.82) is 0 Å². The van der Waals surface area contributed by atoms with E-state index in [9.17, 15) is 4.39 Å². The van der Waals surface area contributed by atoms with Crippen molar-refractivity contribution in [2.24, 2.45) is 0 Å². The molecule has 0 unspecified atom stereocenters. The monoisotopic (exact) mass is 266 g/mol. The van der Waals surface area contributed by atoms with Crippen molar-refractivity contribution in [3.8, 4) is 16.9 Å². The molecule has 1 N–H and O–H groups in total. The van der Waals surface area contributed by atoms with Crippen LogP contribution in [0.3, 0.4) is 0 Å². The molecule has 0 heterocycles. The molecular weight excluding hydrogens is 259 g/mol. The highest BCUT2D eigenvalue weighted by molar-refractivity contribution is 9.10. The van der Waals surface area contributed by atoms with Crippen LogP contribution in [0.2, 0.25) is 0 Å². The Bertz CT molecular complexity index is 497. The zero-order valence-corrected chi connectivity index (χ0v) is 9.33. The summed E-state index contributed by atoms with van der Waals surface area (Å²) in [6, 6.07) is 11.9. The lowest BCUT2D eigenvalue weighted by atomic mass is 10.1. The van der Waals surface area contributed by atoms with E-state index in [1.165, 1.54) is 12.1 Å². The van der Waals surface area contributed by atoms with Gasteiger partial charge in [-0.05, 0) is 35.4 Å². The Labute approximate surface area is 95.3 Å². The summed E-state index contributed by atoms with van der Waals surface area (Å²) in [5, 5.41) is 9.06. The Balaban J connectivity index is 2.50. The molecule has 3 heteroatoms. The molecule has 0 radical (unpaired) electrons. The van der Waals surface area contributed by atoms with Gasteiger partial charge in [-0.15, -0.1) is 0 Å². The van der Waals surface area contributed by atoms with Crippen LogP contribution in [-0.2, 0) is 0 Å². The van der Waals surface area contributed by atoms with E-state index >= 15 is 0 Å². The van der Waals surface area contributed by atoms with E-state index in [2.05, 4.69) is 15.9 Å². The lowest BCUT2D eigenvalue weighted by molar-refractivity contribution is 0.432. The van der Waals surface area contributed by atoms with Crippen LogP contribution in [-0.4, -0.2) is 5.11 Å². The topological polar surface area (TPSA) is 20.2 Å². The molecule has 0 amide bonds. The van der Waals surface area contributed by atoms with Crippen molar-refractivity contribution < 1.29 is 9.50 Å². The lowest BCUT2D eigenvalue weighted by Crippen LogP contribution is -1.81. The summed E-state index contributed by atoms with van der Waals surface area (Å²) >= 11 is 3.35. The maximum atomic E-state index is 13.1. The SMILES string of the molecule is Oc1ccc(-c2cccc(Br)c2)cc1F. The number of phenolic OH excluding ortho intramolecular Hbond substituents is 1. The fourth-order valence-electron chi connectivity index (χ4n) is 1.35. The maximum Gasteiger partial charge on any atom is 0.165 e. The van der Waals surface area contributed by atoms with E-state index < -0.39 is 5.82 Å². The number of rotatable bonds is 1. The lowest BCUT2D eigenvalue weighted by Gasteiger charge is -2.03. The Morgan fingerprint density at radius 1 is 1.00 bits per heavy atom. The van der Waals surface area contributed by atoms with Crippen molar-refractivity contribution in [2.45, 2.75) is 0 Å². The summed E-state index contributed by atoms with van der Waals surface area (Å²) < 4.78 is 14.0. The average Bonchev–Trinajstić information content (AvgIpc) is 2.22. The van der Waals surface area contributed by atoms with Crippen LogP contribution in [0.4, 0.5) is 4.39 Å². The van der Waals surface area contributed by atoms with Gasteiger partial charge in [0.1, 0.15) is 0 Å². The fourth-order valence-corrected chi connectivity index (χ4v) is 1.75. The highest BCUT2D eigenvalue weighted by atomic mass is 79.9. The molecule has 0 spiro atoms. The molecule has 2 rings (SSSR count). The number of benzene rings is 2. The molecule has 76 valence electrons. The molecule has 0 saturated carbocycles. The van der Waals surface area contributed by atoms with Gasteiger partial charge < -0.3 is 5.11 Å². The fraction of sp³-hybridized carbons (Fsp3) is 0. The zero-order valence-electron chi connectivity index (χ0n) is 7.74. The molecule has 0 atom stereocenters. The molecule has 0 aliphatic rings. The van der Waals surface area contributed by atoms with Crippen molar-refractivity contribution >= 4 is 15.9 Å². The van der Waals surface area contributed by atoms with E-state index in [4.69, 9.17) is 5.11 Å². The number of hydrogen-bond acceptors (Lipinski definition) is 1. The number of aromatic hydroxyl groups is 1. The van der Waals surface area contributed by atoms with Crippen molar-refractivity contribution in [3.05, 3.63) is 52.8 Å². The van der Waals surface area contributed by atoms with Gasteiger partial charge in [-0.2, -0.15) is 0 Å². The normalized spacial score (nSPS) is 10.3. The average molecular weight is 267 g/mol. The van der Waals surface area contributed by atoms with Gasteiger partial charge in [0, 0.05) is 4.47 Å². The largest absolute Gasteiger partial charge is 0.505 e. The standard InChI is InChI=1S/C12H8BrFO/c13-10-3-1-2-8(6-10)9-4-5-12(15)11(14)7-9/h1-7,15H. The third kappa shape index (κ3) is 2.18. The first kappa shape index (κ1) is 10.2. The van der Waals surface area contributed by atoms with Gasteiger partial charge in [-0.25, -0.2) is 4.39 Å². The maximum absolute atomic E-state index is 13.1. The summed E-state index contributed by atoms with van der Waals surface area (Å²) in [6.07, 6.45) is 0.